The van der Waals surface area contributed by atoms with Gasteiger partial charge in [0.2, 0.25) is 11.8 Å². The topological polar surface area (TPSA) is 111 Å². The van der Waals surface area contributed by atoms with Gasteiger partial charge in [-0.2, -0.15) is 0 Å². The van der Waals surface area contributed by atoms with Crippen LogP contribution in [0.4, 0.5) is 0 Å². The van der Waals surface area contributed by atoms with Crippen LogP contribution in [-0.2, 0) is 37.3 Å². The molecule has 2 amide bonds. The second-order valence-electron chi connectivity index (χ2n) is 9.95. The van der Waals surface area contributed by atoms with Gasteiger partial charge < -0.3 is 24.1 Å². The van der Waals surface area contributed by atoms with Gasteiger partial charge in [-0.3, -0.25) is 14.8 Å². The second-order valence-corrected chi connectivity index (χ2v) is 9.95. The molecule has 0 aliphatic heterocycles. The molecule has 3 N–H and O–H groups in total. The molecule has 1 aliphatic carbocycles. The maximum atomic E-state index is 13.1. The molecule has 1 heterocycles. The van der Waals surface area contributed by atoms with Crippen molar-refractivity contribution in [2.24, 2.45) is 24.8 Å². The number of aromatic nitrogens is 1. The number of methoxy groups -OCH3 is 1. The lowest BCUT2D eigenvalue weighted by Gasteiger charge is -2.29. The van der Waals surface area contributed by atoms with Crippen LogP contribution in [0.3, 0.4) is 0 Å². The van der Waals surface area contributed by atoms with Gasteiger partial charge >= 0.3 is 0 Å². The molecule has 200 valence electrons. The van der Waals surface area contributed by atoms with E-state index < -0.39 is 17.9 Å². The van der Waals surface area contributed by atoms with Crippen molar-refractivity contribution in [3.63, 3.8) is 0 Å². The Morgan fingerprint density at radius 1 is 1.14 bits per heavy atom. The molecule has 0 radical (unpaired) electrons. The Kier molecular flexibility index (Phi) is 11.2. The Morgan fingerprint density at radius 3 is 2.61 bits per heavy atom. The molecule has 0 bridgehead atoms. The van der Waals surface area contributed by atoms with Crippen molar-refractivity contribution < 1.29 is 29.0 Å². The largest absolute Gasteiger partial charge is 0.382 e. The van der Waals surface area contributed by atoms with E-state index in [2.05, 4.69) is 12.2 Å². The highest BCUT2D eigenvalue weighted by atomic mass is 16.7. The van der Waals surface area contributed by atoms with E-state index in [1.165, 1.54) is 0 Å². The molecule has 0 spiro atoms. The van der Waals surface area contributed by atoms with Gasteiger partial charge in [0.1, 0.15) is 6.79 Å². The van der Waals surface area contributed by atoms with Crippen LogP contribution >= 0.6 is 0 Å². The van der Waals surface area contributed by atoms with Gasteiger partial charge in [-0.25, -0.2) is 5.48 Å². The number of nitrogens with zero attached hydrogens (tertiary/aromatic N) is 1. The predicted molar refractivity (Wildman–Crippen MR) is 136 cm³/mol. The standard InChI is InChI=1S/C27H41N3O6/c1-19-8-10-20(11-9-19)26(31)28-23(17-36-18-35-13-12-34-3)15-21(27(32)29-33)14-22-16-30(2)25-7-5-4-6-24(22)25/h4-7,16,19-21,23,33H,8-15,17-18H2,1-3H3,(H,28,31)(H,29,32). The number of nitrogens with one attached hydrogen (secondary N) is 2. The summed E-state index contributed by atoms with van der Waals surface area (Å²) in [6.07, 6.45) is 6.59. The molecule has 9 heteroatoms. The lowest BCUT2D eigenvalue weighted by Crippen LogP contribution is -2.45. The van der Waals surface area contributed by atoms with Gasteiger partial charge in [0.25, 0.3) is 0 Å². The summed E-state index contributed by atoms with van der Waals surface area (Å²) < 4.78 is 18.1. The maximum Gasteiger partial charge on any atom is 0.246 e. The number of ether oxygens (including phenoxy) is 3. The van der Waals surface area contributed by atoms with Crippen LogP contribution in [0, 0.1) is 17.8 Å². The highest BCUT2D eigenvalue weighted by molar-refractivity contribution is 5.85. The maximum absolute atomic E-state index is 13.1. The van der Waals surface area contributed by atoms with Crippen molar-refractivity contribution in [2.45, 2.75) is 51.5 Å². The van der Waals surface area contributed by atoms with Crippen LogP contribution in [0.15, 0.2) is 30.5 Å². The summed E-state index contributed by atoms with van der Waals surface area (Å²) in [5.74, 6) is -0.412. The molecule has 1 saturated carbocycles. The molecule has 3 rings (SSSR count). The minimum Gasteiger partial charge on any atom is -0.382 e. The zero-order valence-corrected chi connectivity index (χ0v) is 21.7. The van der Waals surface area contributed by atoms with E-state index >= 15 is 0 Å². The minimum atomic E-state index is -0.560. The second kappa shape index (κ2) is 14.3. The van der Waals surface area contributed by atoms with Crippen LogP contribution < -0.4 is 10.8 Å². The number of hydrogen-bond donors (Lipinski definition) is 3. The third-order valence-corrected chi connectivity index (χ3v) is 7.15. The smallest absolute Gasteiger partial charge is 0.246 e. The van der Waals surface area contributed by atoms with E-state index in [1.807, 2.05) is 47.6 Å². The van der Waals surface area contributed by atoms with Crippen LogP contribution in [-0.4, -0.2) is 61.4 Å². The molecule has 1 aromatic carbocycles. The Hall–Kier alpha value is -2.46. The van der Waals surface area contributed by atoms with Crippen LogP contribution in [0.2, 0.25) is 0 Å². The Bertz CT molecular complexity index is 970. The van der Waals surface area contributed by atoms with Gasteiger partial charge in [0.05, 0.1) is 25.9 Å². The van der Waals surface area contributed by atoms with Crippen molar-refractivity contribution in [3.05, 3.63) is 36.0 Å². The van der Waals surface area contributed by atoms with Crippen LogP contribution in [0.25, 0.3) is 10.9 Å². The lowest BCUT2D eigenvalue weighted by atomic mass is 9.82. The quantitative estimate of drug-likeness (QED) is 0.158. The van der Waals surface area contributed by atoms with Gasteiger partial charge in [-0.1, -0.05) is 25.1 Å². The van der Waals surface area contributed by atoms with Crippen molar-refractivity contribution in [1.29, 1.82) is 0 Å². The van der Waals surface area contributed by atoms with Crippen LogP contribution in [0.1, 0.15) is 44.6 Å². The molecule has 36 heavy (non-hydrogen) atoms. The number of hydroxylamine groups is 1. The van der Waals surface area contributed by atoms with Crippen molar-refractivity contribution in [2.75, 3.05) is 33.7 Å². The normalized spacial score (nSPS) is 19.7. The number of benzene rings is 1. The minimum absolute atomic E-state index is 0.00381. The number of para-hydroxylation sites is 1. The molecule has 2 atom stereocenters. The number of hydrogen-bond acceptors (Lipinski definition) is 6. The number of carbonyl (C=O) groups excluding carboxylic acids is 2. The lowest BCUT2D eigenvalue weighted by molar-refractivity contribution is -0.135. The third kappa shape index (κ3) is 8.03. The summed E-state index contributed by atoms with van der Waals surface area (Å²) >= 11 is 0. The zero-order chi connectivity index (χ0) is 25.9. The molecule has 1 aliphatic rings. The average molecular weight is 504 g/mol. The molecule has 2 aromatic rings. The van der Waals surface area contributed by atoms with Crippen molar-refractivity contribution >= 4 is 22.7 Å². The van der Waals surface area contributed by atoms with E-state index in [9.17, 15) is 14.8 Å². The van der Waals surface area contributed by atoms with Crippen molar-refractivity contribution in [1.82, 2.24) is 15.4 Å². The molecule has 1 aromatic heterocycles. The Morgan fingerprint density at radius 2 is 1.89 bits per heavy atom. The fourth-order valence-corrected chi connectivity index (χ4v) is 5.03. The zero-order valence-electron chi connectivity index (χ0n) is 21.7. The van der Waals surface area contributed by atoms with Crippen LogP contribution in [0.5, 0.6) is 0 Å². The Labute approximate surface area is 213 Å². The monoisotopic (exact) mass is 503 g/mol. The highest BCUT2D eigenvalue weighted by Gasteiger charge is 2.29. The first kappa shape index (κ1) is 28.1. The highest BCUT2D eigenvalue weighted by Crippen LogP contribution is 2.29. The number of fused-ring (bicyclic) bond motifs is 1. The fourth-order valence-electron chi connectivity index (χ4n) is 5.03. The van der Waals surface area contributed by atoms with Crippen molar-refractivity contribution in [3.8, 4) is 0 Å². The number of aryl methyl sites for hydroxylation is 1. The summed E-state index contributed by atoms with van der Waals surface area (Å²) in [5.41, 5.74) is 3.90. The Balaban J connectivity index is 1.70. The first-order chi connectivity index (χ1) is 17.4. The summed E-state index contributed by atoms with van der Waals surface area (Å²) in [6, 6.07) is 7.61. The van der Waals surface area contributed by atoms with E-state index in [0.717, 1.165) is 42.1 Å². The SMILES string of the molecule is COCCOCOCC(CC(Cc1cn(C)c2ccccc12)C(=O)NO)NC(=O)C1CCC(C)CC1. The molecule has 0 saturated heterocycles. The predicted octanol–water partition coefficient (Wildman–Crippen LogP) is 3.18. The van der Waals surface area contributed by atoms with E-state index in [4.69, 9.17) is 14.2 Å². The number of carbonyl (C=O) groups is 2. The molecule has 2 unspecified atom stereocenters. The number of amides is 2. The van der Waals surface area contributed by atoms with Gasteiger partial charge in [0.15, 0.2) is 0 Å². The summed E-state index contributed by atoms with van der Waals surface area (Å²) in [5, 5.41) is 13.7. The third-order valence-electron chi connectivity index (χ3n) is 7.15. The van der Waals surface area contributed by atoms with E-state index in [1.54, 1.807) is 7.11 Å². The first-order valence-electron chi connectivity index (χ1n) is 12.8. The molecule has 9 nitrogen and oxygen atoms in total. The molecule has 1 fully saturated rings. The molecular formula is C27H41N3O6. The summed E-state index contributed by atoms with van der Waals surface area (Å²) in [4.78, 5) is 25.8. The van der Waals surface area contributed by atoms with E-state index in [-0.39, 0.29) is 25.2 Å². The van der Waals surface area contributed by atoms with Gasteiger partial charge in [0, 0.05) is 43.1 Å². The summed E-state index contributed by atoms with van der Waals surface area (Å²) in [6.45, 7) is 3.36. The van der Waals surface area contributed by atoms with Gasteiger partial charge in [-0.05, 0) is 56.1 Å². The number of rotatable bonds is 14. The summed E-state index contributed by atoms with van der Waals surface area (Å²) in [7, 11) is 3.57. The molecular weight excluding hydrogens is 462 g/mol. The first-order valence-corrected chi connectivity index (χ1v) is 12.8. The fraction of sp³-hybridized carbons (Fsp3) is 0.630. The average Bonchev–Trinajstić information content (AvgIpc) is 3.20. The van der Waals surface area contributed by atoms with E-state index in [0.29, 0.717) is 32.0 Å². The van der Waals surface area contributed by atoms with Gasteiger partial charge in [-0.15, -0.1) is 0 Å².